The number of aliphatic hydroxyl groups is 2. The largest absolute Gasteiger partial charge is 0.395 e. The molecule has 4 heteroatoms. The highest BCUT2D eigenvalue weighted by Crippen LogP contribution is 2.17. The van der Waals surface area contributed by atoms with E-state index in [0.717, 1.165) is 0 Å². The third-order valence-corrected chi connectivity index (χ3v) is 2.15. The zero-order valence-corrected chi connectivity index (χ0v) is 8.09. The first-order valence-electron chi connectivity index (χ1n) is 4.14. The predicted molar refractivity (Wildman–Crippen MR) is 48.8 cm³/mol. The van der Waals surface area contributed by atoms with Crippen LogP contribution in [0.3, 0.4) is 0 Å². The first kappa shape index (κ1) is 11.8. The number of hydrogen-bond acceptors (Lipinski definition) is 4. The Hall–Kier alpha value is -0.160. The van der Waals surface area contributed by atoms with Crippen molar-refractivity contribution in [3.63, 3.8) is 0 Å². The van der Waals surface area contributed by atoms with Crippen LogP contribution in [0.2, 0.25) is 0 Å². The van der Waals surface area contributed by atoms with Crippen molar-refractivity contribution in [2.24, 2.45) is 5.73 Å². The van der Waals surface area contributed by atoms with E-state index in [1.807, 2.05) is 0 Å². The monoisotopic (exact) mass is 176 g/mol. The lowest BCUT2D eigenvalue weighted by atomic mass is 9.85. The summed E-state index contributed by atoms with van der Waals surface area (Å²) in [6.45, 7) is 6.16. The van der Waals surface area contributed by atoms with Crippen molar-refractivity contribution in [2.45, 2.75) is 31.9 Å². The van der Waals surface area contributed by atoms with Crippen molar-refractivity contribution >= 4 is 0 Å². The molecule has 5 N–H and O–H groups in total. The molecule has 4 nitrogen and oxygen atoms in total. The van der Waals surface area contributed by atoms with Gasteiger partial charge in [-0.25, -0.2) is 0 Å². The van der Waals surface area contributed by atoms with Crippen LogP contribution < -0.4 is 11.1 Å². The Morgan fingerprint density at radius 2 is 1.83 bits per heavy atom. The molecule has 0 saturated heterocycles. The summed E-state index contributed by atoms with van der Waals surface area (Å²) >= 11 is 0. The maximum atomic E-state index is 9.81. The summed E-state index contributed by atoms with van der Waals surface area (Å²) in [6, 6.07) is 0. The third kappa shape index (κ3) is 3.49. The van der Waals surface area contributed by atoms with E-state index in [4.69, 9.17) is 10.8 Å². The number of hydrogen-bond donors (Lipinski definition) is 4. The van der Waals surface area contributed by atoms with Gasteiger partial charge in [-0.3, -0.25) is 0 Å². The molecule has 0 spiro atoms. The Balaban J connectivity index is 3.88. The summed E-state index contributed by atoms with van der Waals surface area (Å²) in [4.78, 5) is 0. The Labute approximate surface area is 73.8 Å². The minimum absolute atomic E-state index is 0.0705. The van der Waals surface area contributed by atoms with Gasteiger partial charge in [-0.15, -0.1) is 0 Å². The van der Waals surface area contributed by atoms with E-state index in [2.05, 4.69) is 5.32 Å². The number of aliphatic hydroxyl groups excluding tert-OH is 1. The van der Waals surface area contributed by atoms with E-state index in [1.54, 1.807) is 20.8 Å². The molecule has 12 heavy (non-hydrogen) atoms. The van der Waals surface area contributed by atoms with E-state index in [9.17, 15) is 5.11 Å². The van der Waals surface area contributed by atoms with Crippen LogP contribution in [0.5, 0.6) is 0 Å². The minimum atomic E-state index is -0.956. The third-order valence-electron chi connectivity index (χ3n) is 2.15. The molecular weight excluding hydrogens is 156 g/mol. The normalized spacial score (nSPS) is 17.5. The molecule has 1 atom stereocenters. The molecule has 1 unspecified atom stereocenters. The average molecular weight is 176 g/mol. The Morgan fingerprint density at radius 1 is 1.33 bits per heavy atom. The standard InChI is InChI=1S/C8H20N2O2/c1-7(2,9)8(3,12)6-10-4-5-11/h10-12H,4-6,9H2,1-3H3. The second kappa shape index (κ2) is 4.18. The van der Waals surface area contributed by atoms with Crippen molar-refractivity contribution < 1.29 is 10.2 Å². The van der Waals surface area contributed by atoms with Crippen LogP contribution in [-0.4, -0.2) is 41.0 Å². The van der Waals surface area contributed by atoms with Crippen molar-refractivity contribution in [1.29, 1.82) is 0 Å². The van der Waals surface area contributed by atoms with Crippen LogP contribution in [0, 0.1) is 0 Å². The van der Waals surface area contributed by atoms with Crippen LogP contribution >= 0.6 is 0 Å². The van der Waals surface area contributed by atoms with Gasteiger partial charge in [-0.1, -0.05) is 0 Å². The van der Waals surface area contributed by atoms with E-state index >= 15 is 0 Å². The SMILES string of the molecule is CC(C)(N)C(C)(O)CNCCO. The van der Waals surface area contributed by atoms with E-state index < -0.39 is 11.1 Å². The fourth-order valence-corrected chi connectivity index (χ4v) is 0.639. The van der Waals surface area contributed by atoms with E-state index in [1.165, 1.54) is 0 Å². The lowest BCUT2D eigenvalue weighted by Gasteiger charge is -2.37. The Kier molecular flexibility index (Phi) is 4.13. The van der Waals surface area contributed by atoms with Gasteiger partial charge >= 0.3 is 0 Å². The van der Waals surface area contributed by atoms with E-state index in [-0.39, 0.29) is 6.61 Å². The first-order valence-corrected chi connectivity index (χ1v) is 4.14. The molecule has 0 heterocycles. The first-order chi connectivity index (χ1) is 5.31. The zero-order valence-electron chi connectivity index (χ0n) is 8.09. The Bertz CT molecular complexity index is 130. The topological polar surface area (TPSA) is 78.5 Å². The van der Waals surface area contributed by atoms with Gasteiger partial charge in [0.25, 0.3) is 0 Å². The van der Waals surface area contributed by atoms with Crippen molar-refractivity contribution in [3.8, 4) is 0 Å². The number of rotatable bonds is 5. The van der Waals surface area contributed by atoms with Crippen LogP contribution in [0.15, 0.2) is 0 Å². The fourth-order valence-electron chi connectivity index (χ4n) is 0.639. The lowest BCUT2D eigenvalue weighted by molar-refractivity contribution is -0.00325. The second-order valence-corrected chi connectivity index (χ2v) is 3.90. The smallest absolute Gasteiger partial charge is 0.0916 e. The van der Waals surface area contributed by atoms with Gasteiger partial charge in [0.15, 0.2) is 0 Å². The van der Waals surface area contributed by atoms with Gasteiger partial charge in [0.1, 0.15) is 0 Å². The average Bonchev–Trinajstić information content (AvgIpc) is 1.85. The van der Waals surface area contributed by atoms with Crippen LogP contribution in [-0.2, 0) is 0 Å². The Morgan fingerprint density at radius 3 is 2.17 bits per heavy atom. The molecule has 0 amide bonds. The van der Waals surface area contributed by atoms with Crippen molar-refractivity contribution in [2.75, 3.05) is 19.7 Å². The molecule has 0 aromatic heterocycles. The quantitative estimate of drug-likeness (QED) is 0.408. The lowest BCUT2D eigenvalue weighted by Crippen LogP contribution is -2.59. The summed E-state index contributed by atoms with van der Waals surface area (Å²) in [5.74, 6) is 0. The van der Waals surface area contributed by atoms with Crippen LogP contribution in [0.25, 0.3) is 0 Å². The predicted octanol–water partition coefficient (Wildman–Crippen LogP) is -0.943. The molecule has 0 aromatic rings. The molecule has 0 radical (unpaired) electrons. The molecule has 0 aromatic carbocycles. The molecule has 0 aliphatic carbocycles. The van der Waals surface area contributed by atoms with Gasteiger partial charge in [-0.05, 0) is 20.8 Å². The summed E-state index contributed by atoms with van der Waals surface area (Å²) in [5, 5.41) is 21.2. The maximum Gasteiger partial charge on any atom is 0.0916 e. The molecule has 74 valence electrons. The van der Waals surface area contributed by atoms with Gasteiger partial charge in [0, 0.05) is 18.6 Å². The molecule has 0 aliphatic heterocycles. The van der Waals surface area contributed by atoms with Gasteiger partial charge in [-0.2, -0.15) is 0 Å². The molecule has 0 rings (SSSR count). The second-order valence-electron chi connectivity index (χ2n) is 3.90. The van der Waals surface area contributed by atoms with Crippen molar-refractivity contribution in [3.05, 3.63) is 0 Å². The highest BCUT2D eigenvalue weighted by Gasteiger charge is 2.35. The molecule has 0 aliphatic rings. The highest BCUT2D eigenvalue weighted by atomic mass is 16.3. The van der Waals surface area contributed by atoms with Gasteiger partial charge in [0.2, 0.25) is 0 Å². The summed E-state index contributed by atoms with van der Waals surface area (Å²) in [7, 11) is 0. The minimum Gasteiger partial charge on any atom is -0.395 e. The number of nitrogens with one attached hydrogen (secondary N) is 1. The van der Waals surface area contributed by atoms with Gasteiger partial charge < -0.3 is 21.3 Å². The van der Waals surface area contributed by atoms with Gasteiger partial charge in [0.05, 0.1) is 12.2 Å². The maximum absolute atomic E-state index is 9.81. The zero-order chi connectivity index (χ0) is 9.83. The van der Waals surface area contributed by atoms with E-state index in [0.29, 0.717) is 13.1 Å². The van der Waals surface area contributed by atoms with Crippen molar-refractivity contribution in [1.82, 2.24) is 5.32 Å². The molecule has 0 fully saturated rings. The summed E-state index contributed by atoms with van der Waals surface area (Å²) in [6.07, 6.45) is 0. The molecule has 0 bridgehead atoms. The molecular formula is C8H20N2O2. The fraction of sp³-hybridized carbons (Fsp3) is 1.00. The van der Waals surface area contributed by atoms with Crippen LogP contribution in [0.1, 0.15) is 20.8 Å². The summed E-state index contributed by atoms with van der Waals surface area (Å²) < 4.78 is 0. The number of nitrogens with two attached hydrogens (primary N) is 1. The molecule has 0 saturated carbocycles. The highest BCUT2D eigenvalue weighted by molar-refractivity contribution is 4.95. The van der Waals surface area contributed by atoms with Crippen LogP contribution in [0.4, 0.5) is 0 Å². The summed E-state index contributed by atoms with van der Waals surface area (Å²) in [5.41, 5.74) is 4.14.